The van der Waals surface area contributed by atoms with Gasteiger partial charge in [0.05, 0.1) is 65.1 Å². The number of phosphoric acid groups is 1. The predicted molar refractivity (Wildman–Crippen MR) is 268 cm³/mol. The third-order valence-electron chi connectivity index (χ3n) is 12.5. The number of aliphatic hydroxyl groups excluding tert-OH is 4. The highest BCUT2D eigenvalue weighted by atomic mass is 31.2. The molecule has 20 heteroatoms. The number of hydrogen-bond acceptors (Lipinski definition) is 17. The van der Waals surface area contributed by atoms with E-state index >= 15 is 0 Å². The Morgan fingerprint density at radius 1 is 0.634 bits per heavy atom. The molecule has 1 aliphatic rings. The van der Waals surface area contributed by atoms with E-state index in [1.54, 1.807) is 10.9 Å². The molecule has 0 aliphatic carbocycles. The van der Waals surface area contributed by atoms with Gasteiger partial charge in [0, 0.05) is 25.5 Å². The van der Waals surface area contributed by atoms with E-state index in [0.29, 0.717) is 31.7 Å². The summed E-state index contributed by atoms with van der Waals surface area (Å²) >= 11 is 0. The van der Waals surface area contributed by atoms with Crippen molar-refractivity contribution in [2.24, 2.45) is 0 Å². The Morgan fingerprint density at radius 3 is 1.66 bits per heavy atom. The maximum Gasteiger partial charge on any atom is 0.472 e. The van der Waals surface area contributed by atoms with Gasteiger partial charge in [-0.2, -0.15) is 0 Å². The van der Waals surface area contributed by atoms with Crippen molar-refractivity contribution in [3.8, 4) is 0 Å². The molecule has 0 spiro atoms. The fourth-order valence-electron chi connectivity index (χ4n) is 8.14. The second-order valence-electron chi connectivity index (χ2n) is 18.9. The molecule has 0 saturated carbocycles. The number of esters is 2. The first-order valence-electron chi connectivity index (χ1n) is 27.4. The second-order valence-corrected chi connectivity index (χ2v) is 20.3. The molecular weight excluding hydrogens is 942 g/mol. The standard InChI is InChI=1S/C51H96N3O16P/c1-3-5-7-9-11-13-15-17-19-21-23-25-27-29-46(56)66-41-44(69-47(57)30-28-26-24-22-20-18-16-14-12-10-8-6-4-2)42-68-71(61,62)67-33-31-43-39-54(53-52-43)32-34-63-35-36-64-37-38-65-51-50(60)49(59)48(58)45(40-55)70-51/h39,44-45,48-51,55,58-60H,3-38,40-42H2,1-2H3,(H,61,62)/t44-,45+,48+,49-,50+,51-/m1/s1. The van der Waals surface area contributed by atoms with E-state index in [9.17, 15) is 39.5 Å². The lowest BCUT2D eigenvalue weighted by atomic mass is 9.99. The number of carbonyl (C=O) groups is 2. The van der Waals surface area contributed by atoms with Crippen molar-refractivity contribution in [1.82, 2.24) is 15.0 Å². The summed E-state index contributed by atoms with van der Waals surface area (Å²) in [5.41, 5.74) is 0.503. The van der Waals surface area contributed by atoms with Crippen LogP contribution in [0.3, 0.4) is 0 Å². The van der Waals surface area contributed by atoms with Gasteiger partial charge in [-0.1, -0.05) is 173 Å². The summed E-state index contributed by atoms with van der Waals surface area (Å²) in [6.07, 6.45) is 25.3. The fourth-order valence-corrected chi connectivity index (χ4v) is 8.90. The molecule has 1 saturated heterocycles. The van der Waals surface area contributed by atoms with Crippen LogP contribution in [0.5, 0.6) is 0 Å². The summed E-state index contributed by atoms with van der Waals surface area (Å²) in [5, 5.41) is 47.1. The molecule has 5 N–H and O–H groups in total. The lowest BCUT2D eigenvalue weighted by Crippen LogP contribution is -2.59. The van der Waals surface area contributed by atoms with Gasteiger partial charge in [0.2, 0.25) is 0 Å². The Balaban J connectivity index is 1.66. The van der Waals surface area contributed by atoms with Gasteiger partial charge in [-0.15, -0.1) is 5.10 Å². The van der Waals surface area contributed by atoms with Crippen molar-refractivity contribution in [1.29, 1.82) is 0 Å². The molecule has 19 nitrogen and oxygen atoms in total. The van der Waals surface area contributed by atoms with Crippen LogP contribution >= 0.6 is 7.82 Å². The van der Waals surface area contributed by atoms with Crippen LogP contribution in [0.4, 0.5) is 0 Å². The molecule has 1 aromatic rings. The third-order valence-corrected chi connectivity index (χ3v) is 13.5. The van der Waals surface area contributed by atoms with Crippen LogP contribution in [0, 0.1) is 0 Å². The van der Waals surface area contributed by atoms with Crippen molar-refractivity contribution in [3.05, 3.63) is 11.9 Å². The quantitative estimate of drug-likeness (QED) is 0.0234. The topological polar surface area (TPSA) is 257 Å². The Kier molecular flexibility index (Phi) is 39.5. The highest BCUT2D eigenvalue weighted by Gasteiger charge is 2.44. The maximum atomic E-state index is 12.9. The smallest absolute Gasteiger partial charge is 0.462 e. The van der Waals surface area contributed by atoms with Crippen LogP contribution in [0.15, 0.2) is 6.20 Å². The van der Waals surface area contributed by atoms with E-state index in [1.165, 1.54) is 116 Å². The van der Waals surface area contributed by atoms with Gasteiger partial charge in [-0.3, -0.25) is 18.6 Å². The Labute approximate surface area is 425 Å². The molecule has 1 unspecified atom stereocenters. The molecule has 2 heterocycles. The lowest BCUT2D eigenvalue weighted by molar-refractivity contribution is -0.302. The molecule has 1 fully saturated rings. The van der Waals surface area contributed by atoms with Gasteiger partial charge in [0.1, 0.15) is 31.0 Å². The summed E-state index contributed by atoms with van der Waals surface area (Å²) in [6, 6.07) is 0. The SMILES string of the molecule is CCCCCCCCCCCCCCCC(=O)OC[C@H](COP(=O)(O)OCCc1cn(CCOCCOCCO[C@@H]2O[C@@H](CO)[C@H](O)[C@@H](O)[C@@H]2O)nn1)OC(=O)CCCCCCCCCCCCCCC. The number of unbranched alkanes of at least 4 members (excludes halogenated alkanes) is 24. The van der Waals surface area contributed by atoms with Crippen LogP contribution in [0.25, 0.3) is 0 Å². The monoisotopic (exact) mass is 1040 g/mol. The van der Waals surface area contributed by atoms with E-state index in [4.69, 9.17) is 37.5 Å². The Hall–Kier alpha value is -2.13. The number of nitrogens with zero attached hydrogens (tertiary/aromatic N) is 3. The van der Waals surface area contributed by atoms with Gasteiger partial charge in [0.25, 0.3) is 0 Å². The predicted octanol–water partition coefficient (Wildman–Crippen LogP) is 8.22. The second kappa shape index (κ2) is 43.1. The van der Waals surface area contributed by atoms with Gasteiger partial charge >= 0.3 is 19.8 Å². The number of carbonyl (C=O) groups excluding carboxylic acids is 2. The van der Waals surface area contributed by atoms with Crippen molar-refractivity contribution < 1.29 is 76.9 Å². The maximum absolute atomic E-state index is 12.9. The van der Waals surface area contributed by atoms with Crippen molar-refractivity contribution in [2.75, 3.05) is 59.5 Å². The number of hydrogen-bond donors (Lipinski definition) is 5. The van der Waals surface area contributed by atoms with E-state index in [-0.39, 0.29) is 58.9 Å². The summed E-state index contributed by atoms with van der Waals surface area (Å²) in [4.78, 5) is 36.0. The van der Waals surface area contributed by atoms with Crippen molar-refractivity contribution in [3.63, 3.8) is 0 Å². The first kappa shape index (κ1) is 65.0. The van der Waals surface area contributed by atoms with Crippen LogP contribution in [-0.2, 0) is 64.6 Å². The normalized spacial score (nSPS) is 19.5. The van der Waals surface area contributed by atoms with Crippen LogP contribution in [0.2, 0.25) is 0 Å². The van der Waals surface area contributed by atoms with Crippen LogP contribution in [-0.4, -0.2) is 149 Å². The van der Waals surface area contributed by atoms with Gasteiger partial charge < -0.3 is 53.7 Å². The highest BCUT2D eigenvalue weighted by Crippen LogP contribution is 2.43. The first-order chi connectivity index (χ1) is 34.5. The summed E-state index contributed by atoms with van der Waals surface area (Å²) in [7, 11) is -4.59. The van der Waals surface area contributed by atoms with Crippen molar-refractivity contribution in [2.45, 2.75) is 243 Å². The minimum Gasteiger partial charge on any atom is -0.462 e. The Bertz CT molecular complexity index is 1480. The molecule has 2 rings (SSSR count). The average molecular weight is 1040 g/mol. The minimum atomic E-state index is -4.59. The zero-order chi connectivity index (χ0) is 51.6. The number of aromatic nitrogens is 3. The number of rotatable bonds is 49. The minimum absolute atomic E-state index is 0.0261. The highest BCUT2D eigenvalue weighted by molar-refractivity contribution is 7.47. The van der Waals surface area contributed by atoms with Gasteiger partial charge in [-0.05, 0) is 12.8 Å². The molecule has 7 atom stereocenters. The average Bonchev–Trinajstić information content (AvgIpc) is 3.81. The molecule has 0 aromatic carbocycles. The lowest BCUT2D eigenvalue weighted by Gasteiger charge is -2.39. The number of ether oxygens (including phenoxy) is 6. The number of aliphatic hydroxyl groups is 4. The summed E-state index contributed by atoms with van der Waals surface area (Å²) < 4.78 is 57.6. The molecule has 1 aliphatic heterocycles. The third kappa shape index (κ3) is 34.1. The van der Waals surface area contributed by atoms with Crippen LogP contribution in [0.1, 0.15) is 199 Å². The molecule has 1 aromatic heterocycles. The summed E-state index contributed by atoms with van der Waals surface area (Å²) in [6.45, 7) is 4.27. The zero-order valence-corrected chi connectivity index (χ0v) is 44.5. The van der Waals surface area contributed by atoms with Gasteiger partial charge in [-0.25, -0.2) is 9.25 Å². The molecule has 0 amide bonds. The van der Waals surface area contributed by atoms with E-state index in [1.807, 2.05) is 0 Å². The molecule has 416 valence electrons. The largest absolute Gasteiger partial charge is 0.472 e. The molecule has 71 heavy (non-hydrogen) atoms. The van der Waals surface area contributed by atoms with E-state index < -0.39 is 69.8 Å². The fraction of sp³-hybridized carbons (Fsp3) is 0.922. The molecule has 0 bridgehead atoms. The van der Waals surface area contributed by atoms with Crippen molar-refractivity contribution >= 4 is 19.8 Å². The zero-order valence-electron chi connectivity index (χ0n) is 43.6. The molecular formula is C51H96N3O16P. The van der Waals surface area contributed by atoms with Crippen LogP contribution < -0.4 is 0 Å². The summed E-state index contributed by atoms with van der Waals surface area (Å²) in [5.74, 6) is -0.901. The number of phosphoric ester groups is 1. The van der Waals surface area contributed by atoms with Gasteiger partial charge in [0.15, 0.2) is 12.4 Å². The Morgan fingerprint density at radius 2 is 1.13 bits per heavy atom. The molecule has 0 radical (unpaired) electrons. The first-order valence-corrected chi connectivity index (χ1v) is 28.9. The van der Waals surface area contributed by atoms with E-state index in [0.717, 1.165) is 38.5 Å². The van der Waals surface area contributed by atoms with E-state index in [2.05, 4.69) is 24.2 Å².